The third kappa shape index (κ3) is 7.09. The first-order valence-corrected chi connectivity index (χ1v) is 12.3. The van der Waals surface area contributed by atoms with Crippen molar-refractivity contribution in [3.63, 3.8) is 0 Å². The van der Waals surface area contributed by atoms with Crippen LogP contribution in [0.2, 0.25) is 0 Å². The van der Waals surface area contributed by atoms with Gasteiger partial charge in [-0.15, -0.1) is 0 Å². The molecule has 3 aromatic carbocycles. The fourth-order valence-electron chi connectivity index (χ4n) is 4.08. The number of allylic oxidation sites excluding steroid dienone is 1. The van der Waals surface area contributed by atoms with Gasteiger partial charge in [0.1, 0.15) is 17.3 Å². The van der Waals surface area contributed by atoms with Crippen LogP contribution in [0.15, 0.2) is 78.5 Å². The van der Waals surface area contributed by atoms with Gasteiger partial charge in [0.2, 0.25) is 0 Å². The number of hydrogen-bond acceptors (Lipinski definition) is 5. The van der Waals surface area contributed by atoms with E-state index in [0.29, 0.717) is 35.9 Å². The fraction of sp³-hybridized carbons (Fsp3) is 0.241. The van der Waals surface area contributed by atoms with E-state index in [9.17, 15) is 13.6 Å². The minimum atomic E-state index is -0.713. The molecule has 0 aromatic heterocycles. The monoisotopic (exact) mass is 503 g/mol. The number of anilines is 2. The standard InChI is InChI=1S/C29H31F2N5O/c1-18(33)13-26(35-22-7-2-5-20(14-22)16-32)29(37)36-23-8-3-6-21(15-23)28(34-17-19-11-12-19)27-24(30)9-4-10-25(27)31/h2-10,13-15,19,28,33-35H,11-12,16-17,32H2,1H3,(H,36,37)/b26-13-,33-18?. The van der Waals surface area contributed by atoms with Crippen LogP contribution in [-0.2, 0) is 11.3 Å². The lowest BCUT2D eigenvalue weighted by molar-refractivity contribution is -0.112. The van der Waals surface area contributed by atoms with Crippen LogP contribution in [0.4, 0.5) is 20.2 Å². The molecule has 4 rings (SSSR count). The zero-order chi connectivity index (χ0) is 26.4. The van der Waals surface area contributed by atoms with Crippen molar-refractivity contribution >= 4 is 23.0 Å². The molecule has 1 aliphatic rings. The van der Waals surface area contributed by atoms with E-state index in [-0.39, 0.29) is 17.0 Å². The Morgan fingerprint density at radius 2 is 1.68 bits per heavy atom. The Labute approximate surface area is 215 Å². The van der Waals surface area contributed by atoms with Crippen LogP contribution in [0.3, 0.4) is 0 Å². The quantitative estimate of drug-likeness (QED) is 0.176. The van der Waals surface area contributed by atoms with E-state index in [1.54, 1.807) is 37.3 Å². The van der Waals surface area contributed by atoms with Crippen LogP contribution in [-0.4, -0.2) is 18.2 Å². The predicted octanol–water partition coefficient (Wildman–Crippen LogP) is 5.49. The van der Waals surface area contributed by atoms with E-state index in [0.717, 1.165) is 18.4 Å². The number of carbonyl (C=O) groups is 1. The van der Waals surface area contributed by atoms with Gasteiger partial charge in [-0.3, -0.25) is 4.79 Å². The summed E-state index contributed by atoms with van der Waals surface area (Å²) >= 11 is 0. The summed E-state index contributed by atoms with van der Waals surface area (Å²) in [4.78, 5) is 13.2. The molecule has 3 aromatic rings. The maximum absolute atomic E-state index is 14.7. The Morgan fingerprint density at radius 3 is 2.32 bits per heavy atom. The Morgan fingerprint density at radius 1 is 1.03 bits per heavy atom. The molecule has 8 heteroatoms. The molecule has 37 heavy (non-hydrogen) atoms. The first kappa shape index (κ1) is 26.2. The lowest BCUT2D eigenvalue weighted by atomic mass is 9.96. The molecule has 0 radical (unpaired) electrons. The number of amides is 1. The number of nitrogens with two attached hydrogens (primary N) is 1. The van der Waals surface area contributed by atoms with Gasteiger partial charge in [0.25, 0.3) is 5.91 Å². The smallest absolute Gasteiger partial charge is 0.272 e. The van der Waals surface area contributed by atoms with Gasteiger partial charge in [-0.25, -0.2) is 8.78 Å². The predicted molar refractivity (Wildman–Crippen MR) is 143 cm³/mol. The van der Waals surface area contributed by atoms with E-state index in [4.69, 9.17) is 11.1 Å². The summed E-state index contributed by atoms with van der Waals surface area (Å²) in [6.07, 6.45) is 3.62. The molecule has 1 fully saturated rings. The fourth-order valence-corrected chi connectivity index (χ4v) is 4.08. The summed E-state index contributed by atoms with van der Waals surface area (Å²) in [5.74, 6) is -1.21. The molecule has 0 spiro atoms. The van der Waals surface area contributed by atoms with Gasteiger partial charge in [0.15, 0.2) is 0 Å². The third-order valence-electron chi connectivity index (χ3n) is 6.12. The number of halogens is 2. The molecule has 1 aliphatic carbocycles. The Kier molecular flexibility index (Phi) is 8.43. The summed E-state index contributed by atoms with van der Waals surface area (Å²) in [6, 6.07) is 17.4. The topological polar surface area (TPSA) is 103 Å². The number of carbonyl (C=O) groups excluding carboxylic acids is 1. The molecule has 1 amide bonds. The molecule has 1 unspecified atom stereocenters. The summed E-state index contributed by atoms with van der Waals surface area (Å²) in [5, 5.41) is 17.1. The first-order valence-electron chi connectivity index (χ1n) is 12.3. The summed E-state index contributed by atoms with van der Waals surface area (Å²) in [6.45, 7) is 2.58. The molecule has 1 atom stereocenters. The molecule has 6 N–H and O–H groups in total. The second-order valence-electron chi connectivity index (χ2n) is 9.27. The summed E-state index contributed by atoms with van der Waals surface area (Å²) in [7, 11) is 0. The third-order valence-corrected chi connectivity index (χ3v) is 6.12. The molecule has 6 nitrogen and oxygen atoms in total. The molecule has 0 bridgehead atoms. The maximum Gasteiger partial charge on any atom is 0.272 e. The zero-order valence-electron chi connectivity index (χ0n) is 20.7. The van der Waals surface area contributed by atoms with Crippen molar-refractivity contribution in [1.82, 2.24) is 5.32 Å². The van der Waals surface area contributed by atoms with E-state index in [1.807, 2.05) is 18.2 Å². The summed E-state index contributed by atoms with van der Waals surface area (Å²) < 4.78 is 29.5. The van der Waals surface area contributed by atoms with Gasteiger partial charge in [-0.1, -0.05) is 30.3 Å². The van der Waals surface area contributed by atoms with E-state index < -0.39 is 23.6 Å². The normalized spacial score (nSPS) is 14.2. The van der Waals surface area contributed by atoms with Crippen molar-refractivity contribution in [2.24, 2.45) is 11.7 Å². The Balaban J connectivity index is 1.59. The van der Waals surface area contributed by atoms with Gasteiger partial charge in [-0.05, 0) is 85.8 Å². The van der Waals surface area contributed by atoms with Crippen LogP contribution in [0.5, 0.6) is 0 Å². The highest BCUT2D eigenvalue weighted by Gasteiger charge is 2.26. The van der Waals surface area contributed by atoms with Crippen LogP contribution in [0, 0.1) is 23.0 Å². The molecule has 0 heterocycles. The van der Waals surface area contributed by atoms with Crippen molar-refractivity contribution in [1.29, 1.82) is 5.41 Å². The maximum atomic E-state index is 14.7. The molecular formula is C29H31F2N5O. The van der Waals surface area contributed by atoms with Gasteiger partial charge in [0.05, 0.1) is 6.04 Å². The zero-order valence-corrected chi connectivity index (χ0v) is 20.7. The van der Waals surface area contributed by atoms with E-state index in [2.05, 4.69) is 16.0 Å². The average molecular weight is 504 g/mol. The second kappa shape index (κ2) is 11.9. The van der Waals surface area contributed by atoms with Crippen LogP contribution in [0.1, 0.15) is 42.5 Å². The number of hydrogen-bond donors (Lipinski definition) is 5. The van der Waals surface area contributed by atoms with Gasteiger partial charge >= 0.3 is 0 Å². The van der Waals surface area contributed by atoms with Crippen LogP contribution >= 0.6 is 0 Å². The van der Waals surface area contributed by atoms with Crippen molar-refractivity contribution in [2.45, 2.75) is 32.4 Å². The largest absolute Gasteiger partial charge is 0.351 e. The minimum absolute atomic E-state index is 0.0481. The SMILES string of the molecule is CC(=N)/C=C(\Nc1cccc(CN)c1)C(=O)Nc1cccc(C(NCC2CC2)c2c(F)cccc2F)c1. The van der Waals surface area contributed by atoms with Gasteiger partial charge in [0, 0.05) is 29.2 Å². The van der Waals surface area contributed by atoms with Crippen LogP contribution < -0.4 is 21.7 Å². The Hall–Kier alpha value is -3.88. The Bertz CT molecular complexity index is 1300. The highest BCUT2D eigenvalue weighted by Crippen LogP contribution is 2.32. The second-order valence-corrected chi connectivity index (χ2v) is 9.27. The molecule has 0 saturated heterocycles. The number of rotatable bonds is 11. The van der Waals surface area contributed by atoms with Crippen molar-refractivity contribution in [3.05, 3.63) is 107 Å². The molecule has 192 valence electrons. The number of nitrogens with one attached hydrogen (secondary N) is 4. The van der Waals surface area contributed by atoms with Gasteiger partial charge < -0.3 is 27.1 Å². The van der Waals surface area contributed by atoms with E-state index >= 15 is 0 Å². The molecule has 1 saturated carbocycles. The highest BCUT2D eigenvalue weighted by atomic mass is 19.1. The van der Waals surface area contributed by atoms with Crippen molar-refractivity contribution in [2.75, 3.05) is 17.2 Å². The first-order chi connectivity index (χ1) is 17.8. The summed E-state index contributed by atoms with van der Waals surface area (Å²) in [5.41, 5.74) is 8.70. The van der Waals surface area contributed by atoms with Gasteiger partial charge in [-0.2, -0.15) is 0 Å². The van der Waals surface area contributed by atoms with Crippen LogP contribution in [0.25, 0.3) is 0 Å². The number of benzene rings is 3. The lowest BCUT2D eigenvalue weighted by Crippen LogP contribution is -2.27. The van der Waals surface area contributed by atoms with E-state index in [1.165, 1.54) is 24.3 Å². The molecular weight excluding hydrogens is 472 g/mol. The highest BCUT2D eigenvalue weighted by molar-refractivity contribution is 6.09. The van der Waals surface area contributed by atoms with Crippen molar-refractivity contribution < 1.29 is 13.6 Å². The minimum Gasteiger partial charge on any atom is -0.351 e. The van der Waals surface area contributed by atoms with Crippen molar-refractivity contribution in [3.8, 4) is 0 Å². The lowest BCUT2D eigenvalue weighted by Gasteiger charge is -2.22. The average Bonchev–Trinajstić information content (AvgIpc) is 3.70. The molecule has 0 aliphatic heterocycles.